The standard InChI is InChI=1S/C20H20ClN3O3/c1-23(13-16-7-3-9-26-16)20(25)17-12-18(19-8-4-10-27-19)24(22-17)15-6-2-5-14(21)11-15/h2,4-6,8,10-12,16H,3,7,9,13H2,1H3. The predicted octanol–water partition coefficient (Wildman–Crippen LogP) is 4.04. The van der Waals surface area contributed by atoms with Gasteiger partial charge in [-0.2, -0.15) is 5.10 Å². The third-order valence-electron chi connectivity index (χ3n) is 4.60. The first-order valence-corrected chi connectivity index (χ1v) is 9.26. The number of amides is 1. The molecular weight excluding hydrogens is 366 g/mol. The fourth-order valence-electron chi connectivity index (χ4n) is 3.26. The molecular formula is C20H20ClN3O3. The number of likely N-dealkylation sites (N-methyl/N-ethyl adjacent to an activating group) is 1. The van der Waals surface area contributed by atoms with Crippen LogP contribution in [-0.2, 0) is 4.74 Å². The lowest BCUT2D eigenvalue weighted by Crippen LogP contribution is -2.34. The smallest absolute Gasteiger partial charge is 0.274 e. The van der Waals surface area contributed by atoms with Crippen LogP contribution in [0.25, 0.3) is 17.1 Å². The largest absolute Gasteiger partial charge is 0.463 e. The molecule has 6 nitrogen and oxygen atoms in total. The van der Waals surface area contributed by atoms with E-state index in [9.17, 15) is 4.79 Å². The summed E-state index contributed by atoms with van der Waals surface area (Å²) in [5.74, 6) is 0.474. The minimum atomic E-state index is -0.154. The molecule has 1 aliphatic rings. The number of nitrogens with zero attached hydrogens (tertiary/aromatic N) is 3. The number of rotatable bonds is 5. The van der Waals surface area contributed by atoms with Crippen molar-refractivity contribution >= 4 is 17.5 Å². The molecule has 0 saturated carbocycles. The molecule has 0 radical (unpaired) electrons. The van der Waals surface area contributed by atoms with Crippen LogP contribution in [-0.4, -0.2) is 46.9 Å². The highest BCUT2D eigenvalue weighted by atomic mass is 35.5. The third kappa shape index (κ3) is 3.77. The molecule has 3 heterocycles. The first-order chi connectivity index (χ1) is 13.1. The molecule has 1 aromatic carbocycles. The molecule has 3 aromatic rings. The molecule has 1 saturated heterocycles. The second kappa shape index (κ2) is 7.58. The van der Waals surface area contributed by atoms with Crippen LogP contribution < -0.4 is 0 Å². The highest BCUT2D eigenvalue weighted by molar-refractivity contribution is 6.30. The van der Waals surface area contributed by atoms with Crippen molar-refractivity contribution in [1.29, 1.82) is 0 Å². The van der Waals surface area contributed by atoms with Crippen molar-refractivity contribution in [2.75, 3.05) is 20.2 Å². The molecule has 1 atom stereocenters. The minimum Gasteiger partial charge on any atom is -0.463 e. The molecule has 2 aromatic heterocycles. The van der Waals surface area contributed by atoms with E-state index in [1.54, 1.807) is 47.2 Å². The molecule has 140 valence electrons. The highest BCUT2D eigenvalue weighted by Gasteiger charge is 2.24. The predicted molar refractivity (Wildman–Crippen MR) is 102 cm³/mol. The molecule has 0 N–H and O–H groups in total. The molecule has 1 aliphatic heterocycles. The summed E-state index contributed by atoms with van der Waals surface area (Å²) in [7, 11) is 1.77. The van der Waals surface area contributed by atoms with Crippen molar-refractivity contribution in [3.63, 3.8) is 0 Å². The van der Waals surface area contributed by atoms with E-state index in [0.29, 0.717) is 28.7 Å². The van der Waals surface area contributed by atoms with Crippen molar-refractivity contribution in [2.45, 2.75) is 18.9 Å². The van der Waals surface area contributed by atoms with Gasteiger partial charge in [0.05, 0.1) is 18.1 Å². The van der Waals surface area contributed by atoms with Gasteiger partial charge in [0, 0.05) is 31.3 Å². The first-order valence-electron chi connectivity index (χ1n) is 8.89. The number of ether oxygens (including phenoxy) is 1. The monoisotopic (exact) mass is 385 g/mol. The van der Waals surface area contributed by atoms with Gasteiger partial charge in [-0.1, -0.05) is 17.7 Å². The van der Waals surface area contributed by atoms with Crippen molar-refractivity contribution < 1.29 is 13.9 Å². The maximum Gasteiger partial charge on any atom is 0.274 e. The Morgan fingerprint density at radius 1 is 1.33 bits per heavy atom. The van der Waals surface area contributed by atoms with Gasteiger partial charge in [0.1, 0.15) is 5.69 Å². The number of carbonyl (C=O) groups is 1. The Hall–Kier alpha value is -2.57. The molecule has 1 unspecified atom stereocenters. The Balaban J connectivity index is 1.67. The van der Waals surface area contributed by atoms with E-state index < -0.39 is 0 Å². The molecule has 0 spiro atoms. The van der Waals surface area contributed by atoms with Gasteiger partial charge in [-0.05, 0) is 43.2 Å². The van der Waals surface area contributed by atoms with E-state index in [1.165, 1.54) is 0 Å². The number of hydrogen-bond donors (Lipinski definition) is 0. The van der Waals surface area contributed by atoms with Crippen molar-refractivity contribution in [3.05, 3.63) is 59.4 Å². The molecule has 0 aliphatic carbocycles. The number of benzene rings is 1. The van der Waals surface area contributed by atoms with E-state index in [1.807, 2.05) is 18.2 Å². The van der Waals surface area contributed by atoms with Gasteiger partial charge < -0.3 is 14.1 Å². The number of aromatic nitrogens is 2. The van der Waals surface area contributed by atoms with E-state index in [4.69, 9.17) is 20.8 Å². The quantitative estimate of drug-likeness (QED) is 0.665. The third-order valence-corrected chi connectivity index (χ3v) is 4.84. The van der Waals surface area contributed by atoms with Gasteiger partial charge in [0.2, 0.25) is 0 Å². The summed E-state index contributed by atoms with van der Waals surface area (Å²) in [6.45, 7) is 1.32. The van der Waals surface area contributed by atoms with E-state index in [2.05, 4.69) is 5.10 Å². The number of carbonyl (C=O) groups excluding carboxylic acids is 1. The van der Waals surface area contributed by atoms with E-state index in [-0.39, 0.29) is 12.0 Å². The lowest BCUT2D eigenvalue weighted by molar-refractivity contribution is 0.0582. The van der Waals surface area contributed by atoms with E-state index >= 15 is 0 Å². The van der Waals surface area contributed by atoms with Crippen LogP contribution in [0.5, 0.6) is 0 Å². The average molecular weight is 386 g/mol. The average Bonchev–Trinajstić information content (AvgIpc) is 3.41. The van der Waals surface area contributed by atoms with Crippen LogP contribution in [0.1, 0.15) is 23.3 Å². The zero-order chi connectivity index (χ0) is 18.8. The normalized spacial score (nSPS) is 16.6. The minimum absolute atomic E-state index is 0.0958. The molecule has 1 fully saturated rings. The highest BCUT2D eigenvalue weighted by Crippen LogP contribution is 2.26. The number of hydrogen-bond acceptors (Lipinski definition) is 4. The van der Waals surface area contributed by atoms with Crippen molar-refractivity contribution in [1.82, 2.24) is 14.7 Å². The van der Waals surface area contributed by atoms with Crippen LogP contribution in [0.2, 0.25) is 5.02 Å². The Morgan fingerprint density at radius 3 is 2.93 bits per heavy atom. The fraction of sp³-hybridized carbons (Fsp3) is 0.300. The Labute approximate surface area is 162 Å². The summed E-state index contributed by atoms with van der Waals surface area (Å²) >= 11 is 6.13. The fourth-order valence-corrected chi connectivity index (χ4v) is 3.45. The zero-order valence-corrected chi connectivity index (χ0v) is 15.7. The number of halogens is 1. The molecule has 1 amide bonds. The summed E-state index contributed by atoms with van der Waals surface area (Å²) in [4.78, 5) is 14.6. The van der Waals surface area contributed by atoms with E-state index in [0.717, 1.165) is 25.1 Å². The lowest BCUT2D eigenvalue weighted by Gasteiger charge is -2.19. The second-order valence-corrected chi connectivity index (χ2v) is 7.04. The molecule has 27 heavy (non-hydrogen) atoms. The Kier molecular flexibility index (Phi) is 5.01. The Bertz CT molecular complexity index is 930. The SMILES string of the molecule is CN(CC1CCCO1)C(=O)c1cc(-c2ccco2)n(-c2cccc(Cl)c2)n1. The van der Waals surface area contributed by atoms with Gasteiger partial charge in [-0.15, -0.1) is 0 Å². The van der Waals surface area contributed by atoms with Gasteiger partial charge in [0.15, 0.2) is 11.5 Å². The van der Waals surface area contributed by atoms with Gasteiger partial charge in [-0.25, -0.2) is 4.68 Å². The summed E-state index contributed by atoms with van der Waals surface area (Å²) < 4.78 is 12.8. The summed E-state index contributed by atoms with van der Waals surface area (Å²) in [5, 5.41) is 5.13. The Morgan fingerprint density at radius 2 is 2.22 bits per heavy atom. The maximum absolute atomic E-state index is 12.9. The molecule has 4 rings (SSSR count). The zero-order valence-electron chi connectivity index (χ0n) is 15.0. The van der Waals surface area contributed by atoms with Gasteiger partial charge >= 0.3 is 0 Å². The topological polar surface area (TPSA) is 60.5 Å². The van der Waals surface area contributed by atoms with Crippen LogP contribution in [0.3, 0.4) is 0 Å². The summed E-state index contributed by atoms with van der Waals surface area (Å²) in [6.07, 6.45) is 3.71. The van der Waals surface area contributed by atoms with Crippen molar-refractivity contribution in [2.24, 2.45) is 0 Å². The van der Waals surface area contributed by atoms with Crippen LogP contribution in [0.4, 0.5) is 0 Å². The summed E-state index contributed by atoms with van der Waals surface area (Å²) in [6, 6.07) is 12.7. The van der Waals surface area contributed by atoms with Crippen LogP contribution >= 0.6 is 11.6 Å². The van der Waals surface area contributed by atoms with Crippen molar-refractivity contribution in [3.8, 4) is 17.1 Å². The van der Waals surface area contributed by atoms with Crippen LogP contribution in [0.15, 0.2) is 53.1 Å². The second-order valence-electron chi connectivity index (χ2n) is 6.60. The van der Waals surface area contributed by atoms with Gasteiger partial charge in [0.25, 0.3) is 5.91 Å². The first kappa shape index (κ1) is 17.8. The maximum atomic E-state index is 12.9. The molecule has 7 heteroatoms. The molecule has 0 bridgehead atoms. The van der Waals surface area contributed by atoms with Gasteiger partial charge in [-0.3, -0.25) is 4.79 Å². The van der Waals surface area contributed by atoms with Crippen LogP contribution in [0, 0.1) is 0 Å². The summed E-state index contributed by atoms with van der Waals surface area (Å²) in [5.41, 5.74) is 1.80. The lowest BCUT2D eigenvalue weighted by atomic mass is 10.2. The number of furan rings is 1.